The second-order valence-electron chi connectivity index (χ2n) is 26.5. The number of aliphatic hydroxyl groups excluding tert-OH is 2. The molecule has 0 unspecified atom stereocenters. The van der Waals surface area contributed by atoms with Gasteiger partial charge in [0.25, 0.3) is 8.32 Å². The summed E-state index contributed by atoms with van der Waals surface area (Å²) in [5.41, 5.74) is 0.822. The highest BCUT2D eigenvalue weighted by Gasteiger charge is 2.55. The van der Waals surface area contributed by atoms with Crippen LogP contribution >= 0.6 is 0 Å². The van der Waals surface area contributed by atoms with Crippen LogP contribution in [0.4, 0.5) is 0 Å². The van der Waals surface area contributed by atoms with Crippen LogP contribution in [0.5, 0.6) is 5.75 Å². The van der Waals surface area contributed by atoms with Crippen LogP contribution in [0.3, 0.4) is 0 Å². The normalized spacial score (nSPS) is 31.0. The molecule has 4 aliphatic heterocycles. The van der Waals surface area contributed by atoms with E-state index >= 15 is 0 Å². The summed E-state index contributed by atoms with van der Waals surface area (Å²) >= 11 is 0. The van der Waals surface area contributed by atoms with Gasteiger partial charge in [0.15, 0.2) is 8.32 Å². The Kier molecular flexibility index (Phi) is 20.7. The summed E-state index contributed by atoms with van der Waals surface area (Å²) in [6, 6.07) is 39.9. The minimum Gasteiger partial charge on any atom is -0.497 e. The van der Waals surface area contributed by atoms with Crippen LogP contribution in [0.1, 0.15) is 144 Å². The molecular weight excluding hydrogens is 1020 g/mol. The first-order valence-corrected chi connectivity index (χ1v) is 34.7. The van der Waals surface area contributed by atoms with Crippen molar-refractivity contribution in [1.29, 1.82) is 0 Å². The minimum atomic E-state index is -2.70. The van der Waals surface area contributed by atoms with Gasteiger partial charge in [-0.05, 0) is 134 Å². The van der Waals surface area contributed by atoms with E-state index in [-0.39, 0.29) is 59.0 Å². The van der Waals surface area contributed by atoms with Crippen molar-refractivity contribution in [3.05, 3.63) is 126 Å². The number of fused-ring (bicyclic) bond motifs is 2. The molecule has 4 aromatic rings. The van der Waals surface area contributed by atoms with E-state index in [0.29, 0.717) is 39.3 Å². The minimum absolute atomic E-state index is 0.00972. The molecule has 11 nitrogen and oxygen atoms in total. The van der Waals surface area contributed by atoms with Gasteiger partial charge in [0.1, 0.15) is 11.9 Å². The Bertz CT molecular complexity index is 2410. The number of aliphatic hydroxyl groups is 2. The monoisotopic (exact) mass is 1120 g/mol. The van der Waals surface area contributed by atoms with E-state index in [0.717, 1.165) is 68.2 Å². The molecule has 4 aromatic carbocycles. The lowest BCUT2D eigenvalue weighted by Gasteiger charge is -2.47. The van der Waals surface area contributed by atoms with Crippen LogP contribution in [-0.2, 0) is 50.5 Å². The molecule has 4 aliphatic rings. The molecule has 0 spiro atoms. The fourth-order valence-electron chi connectivity index (χ4n) is 12.9. The van der Waals surface area contributed by atoms with E-state index in [4.69, 9.17) is 42.0 Å². The highest BCUT2D eigenvalue weighted by atomic mass is 28.4. The molecule has 0 aliphatic carbocycles. The second kappa shape index (κ2) is 26.5. The SMILES string of the molecule is COc1ccc(CO[C@@H]2CC[C@@H]3O[C@H](CCCOCc4ccccc4)[C@@](C)(O[Si](C)(C)C(C)(C)C)CC[C@H]3O[C@H]2C[C@H]2O[C@H]3C[C@H](C)[C@H](CCCO[Si](c4ccccc4)(c4ccccc4)C(C)(C)C)O[C@]3(C)C[C@H](O)[C@@H]2O)cc1. The molecule has 0 radical (unpaired) electrons. The summed E-state index contributed by atoms with van der Waals surface area (Å²) in [5, 5.41) is 26.6. The molecule has 0 aromatic heterocycles. The number of hydrogen-bond donors (Lipinski definition) is 2. The molecule has 436 valence electrons. The molecule has 4 saturated heterocycles. The lowest BCUT2D eigenvalue weighted by molar-refractivity contribution is -0.230. The summed E-state index contributed by atoms with van der Waals surface area (Å²) in [5.74, 6) is 0.958. The third kappa shape index (κ3) is 14.9. The zero-order chi connectivity index (χ0) is 56.6. The fourth-order valence-corrected chi connectivity index (χ4v) is 19.2. The largest absolute Gasteiger partial charge is 0.497 e. The van der Waals surface area contributed by atoms with Crippen LogP contribution < -0.4 is 15.1 Å². The molecule has 0 bridgehead atoms. The van der Waals surface area contributed by atoms with Crippen molar-refractivity contribution in [1.82, 2.24) is 0 Å². The first kappa shape index (κ1) is 61.8. The first-order chi connectivity index (χ1) is 37.5. The smallest absolute Gasteiger partial charge is 0.261 e. The number of benzene rings is 4. The maximum Gasteiger partial charge on any atom is 0.261 e. The molecule has 0 amide bonds. The summed E-state index contributed by atoms with van der Waals surface area (Å²) < 4.78 is 62.4. The zero-order valence-corrected chi connectivity index (χ0v) is 52.0. The van der Waals surface area contributed by atoms with Gasteiger partial charge in [0.2, 0.25) is 0 Å². The summed E-state index contributed by atoms with van der Waals surface area (Å²) in [6.45, 7) is 27.3. The average molecular weight is 1120 g/mol. The highest BCUT2D eigenvalue weighted by Crippen LogP contribution is 2.47. The van der Waals surface area contributed by atoms with Crippen LogP contribution in [-0.4, -0.2) is 119 Å². The lowest BCUT2D eigenvalue weighted by atomic mass is 9.80. The Morgan fingerprint density at radius 3 is 1.89 bits per heavy atom. The van der Waals surface area contributed by atoms with Crippen molar-refractivity contribution in [3.63, 3.8) is 0 Å². The summed E-state index contributed by atoms with van der Waals surface area (Å²) in [4.78, 5) is 0. The Hall–Kier alpha value is -3.29. The van der Waals surface area contributed by atoms with Gasteiger partial charge >= 0.3 is 0 Å². The first-order valence-electron chi connectivity index (χ1n) is 29.9. The van der Waals surface area contributed by atoms with Crippen LogP contribution in [0, 0.1) is 5.92 Å². The number of ether oxygens (including phenoxy) is 7. The van der Waals surface area contributed by atoms with E-state index in [1.54, 1.807) is 7.11 Å². The average Bonchev–Trinajstić information content (AvgIpc) is 3.81. The van der Waals surface area contributed by atoms with Crippen LogP contribution in [0.15, 0.2) is 115 Å². The predicted octanol–water partition coefficient (Wildman–Crippen LogP) is 12.3. The van der Waals surface area contributed by atoms with Gasteiger partial charge in [-0.3, -0.25) is 0 Å². The third-order valence-electron chi connectivity index (χ3n) is 18.5. The van der Waals surface area contributed by atoms with Crippen LogP contribution in [0.25, 0.3) is 0 Å². The van der Waals surface area contributed by atoms with Gasteiger partial charge in [0, 0.05) is 26.1 Å². The molecule has 0 saturated carbocycles. The van der Waals surface area contributed by atoms with Crippen molar-refractivity contribution < 1.29 is 52.2 Å². The number of rotatable bonds is 21. The van der Waals surface area contributed by atoms with Gasteiger partial charge in [-0.2, -0.15) is 0 Å². The molecule has 13 atom stereocenters. The predicted molar refractivity (Wildman–Crippen MR) is 319 cm³/mol. The van der Waals surface area contributed by atoms with Gasteiger partial charge in [-0.25, -0.2) is 0 Å². The Labute approximate surface area is 477 Å². The standard InChI is InChI=1S/C66H98O11Si2/c1-47-42-61-66(9,76-54(47)30-22-41-72-79(64(5,6)7,51-26-18-14-19-27-51)52-28-20-15-21-29-52)44-53(67)62(68)59(75-61)43-58-55(71-46-49-32-34-50(69-10)35-33-49)36-37-56-57(73-58)38-39-65(8,77-78(11,12)63(2,3)4)60(74-56)31-23-40-70-45-48-24-16-13-17-25-48/h13-21,24-29,32-35,47,53-62,67-68H,22-23,30-31,36-46H2,1-12H3/t47-,53-,54-,55+,56-,57+,58-,59+,60+,61-,62-,65-,66+/m0/s1. The number of hydrogen-bond acceptors (Lipinski definition) is 11. The van der Waals surface area contributed by atoms with Gasteiger partial charge in [-0.1, -0.05) is 152 Å². The summed E-state index contributed by atoms with van der Waals surface area (Å²) in [6.07, 6.45) is 2.68. The molecule has 4 fully saturated rings. The van der Waals surface area contributed by atoms with Gasteiger partial charge in [0.05, 0.1) is 86.5 Å². The van der Waals surface area contributed by atoms with E-state index < -0.39 is 52.3 Å². The van der Waals surface area contributed by atoms with Crippen molar-refractivity contribution in [2.75, 3.05) is 20.3 Å². The van der Waals surface area contributed by atoms with E-state index in [1.165, 1.54) is 10.4 Å². The fraction of sp³-hybridized carbons (Fsp3) is 0.636. The Balaban J connectivity index is 0.982. The summed E-state index contributed by atoms with van der Waals surface area (Å²) in [7, 11) is -3.27. The molecule has 13 heteroatoms. The molecule has 79 heavy (non-hydrogen) atoms. The van der Waals surface area contributed by atoms with Gasteiger partial charge < -0.3 is 52.2 Å². The Morgan fingerprint density at radius 2 is 1.27 bits per heavy atom. The number of methoxy groups -OCH3 is 1. The van der Waals surface area contributed by atoms with Crippen molar-refractivity contribution in [3.8, 4) is 5.75 Å². The topological polar surface area (TPSA) is 124 Å². The second-order valence-corrected chi connectivity index (χ2v) is 35.6. The maximum absolute atomic E-state index is 12.2. The van der Waals surface area contributed by atoms with Crippen LogP contribution in [0.2, 0.25) is 23.2 Å². The highest BCUT2D eigenvalue weighted by molar-refractivity contribution is 6.99. The zero-order valence-electron chi connectivity index (χ0n) is 50.0. The molecule has 4 heterocycles. The third-order valence-corrected chi connectivity index (χ3v) is 28.2. The molecule has 2 N–H and O–H groups in total. The van der Waals surface area contributed by atoms with Gasteiger partial charge in [-0.15, -0.1) is 0 Å². The molecular formula is C66H98O11Si2. The van der Waals surface area contributed by atoms with Crippen molar-refractivity contribution in [2.45, 2.75) is 242 Å². The van der Waals surface area contributed by atoms with Crippen molar-refractivity contribution >= 4 is 27.0 Å². The van der Waals surface area contributed by atoms with E-state index in [1.807, 2.05) is 42.5 Å². The van der Waals surface area contributed by atoms with E-state index in [2.05, 4.69) is 148 Å². The maximum atomic E-state index is 12.2. The van der Waals surface area contributed by atoms with Crippen molar-refractivity contribution in [2.24, 2.45) is 5.92 Å². The Morgan fingerprint density at radius 1 is 0.658 bits per heavy atom. The quantitative estimate of drug-likeness (QED) is 0.0612. The molecule has 8 rings (SSSR count). The van der Waals surface area contributed by atoms with E-state index in [9.17, 15) is 10.2 Å². The lowest BCUT2D eigenvalue weighted by Crippen LogP contribution is -2.66.